The quantitative estimate of drug-likeness (QED) is 0.874. The van der Waals surface area contributed by atoms with Gasteiger partial charge in [0.15, 0.2) is 0 Å². The van der Waals surface area contributed by atoms with Gasteiger partial charge in [-0.1, -0.05) is 29.9 Å². The molecule has 0 radical (unpaired) electrons. The highest BCUT2D eigenvalue weighted by Gasteiger charge is 2.07. The summed E-state index contributed by atoms with van der Waals surface area (Å²) in [6, 6.07) is 10.8. The van der Waals surface area contributed by atoms with Crippen molar-refractivity contribution in [2.75, 3.05) is 0 Å². The molecule has 0 aliphatic heterocycles. The number of nitrogens with two attached hydrogens (primary N) is 1. The van der Waals surface area contributed by atoms with Gasteiger partial charge in [-0.25, -0.2) is 0 Å². The van der Waals surface area contributed by atoms with Gasteiger partial charge in [-0.05, 0) is 30.3 Å². The number of hydrogen-bond acceptors (Lipinski definition) is 3. The molecular weight excluding hydrogens is 268 g/mol. The molecule has 1 aromatic carbocycles. The first kappa shape index (κ1) is 12.8. The molecule has 2 N–H and O–H groups in total. The van der Waals surface area contributed by atoms with Crippen molar-refractivity contribution >= 4 is 28.8 Å². The molecule has 0 spiro atoms. The summed E-state index contributed by atoms with van der Waals surface area (Å²) in [6.45, 7) is 0.344. The molecule has 0 atom stereocenters. The Kier molecular flexibility index (Phi) is 4.12. The van der Waals surface area contributed by atoms with Crippen molar-refractivity contribution in [2.45, 2.75) is 6.61 Å². The molecule has 1 aromatic heterocycles. The highest BCUT2D eigenvalue weighted by Crippen LogP contribution is 2.24. The normalized spacial score (nSPS) is 10.1. The smallest absolute Gasteiger partial charge is 0.131 e. The Morgan fingerprint density at radius 3 is 2.83 bits per heavy atom. The Morgan fingerprint density at radius 2 is 2.17 bits per heavy atom. The minimum Gasteiger partial charge on any atom is -0.487 e. The van der Waals surface area contributed by atoms with Crippen LogP contribution in [0.5, 0.6) is 5.75 Å². The van der Waals surface area contributed by atoms with Crippen LogP contribution >= 0.6 is 23.8 Å². The highest BCUT2D eigenvalue weighted by molar-refractivity contribution is 7.80. The zero-order valence-electron chi connectivity index (χ0n) is 9.47. The van der Waals surface area contributed by atoms with E-state index in [1.54, 1.807) is 24.4 Å². The van der Waals surface area contributed by atoms with Crippen molar-refractivity contribution < 1.29 is 4.74 Å². The van der Waals surface area contributed by atoms with Gasteiger partial charge in [0.25, 0.3) is 0 Å². The number of hydrogen-bond donors (Lipinski definition) is 1. The molecular formula is C13H11ClN2OS. The van der Waals surface area contributed by atoms with E-state index in [4.69, 9.17) is 34.3 Å². The fraction of sp³-hybridized carbons (Fsp3) is 0.0769. The molecule has 0 fully saturated rings. The Morgan fingerprint density at radius 1 is 1.33 bits per heavy atom. The summed E-state index contributed by atoms with van der Waals surface area (Å²) >= 11 is 10.9. The number of thiocarbonyl (C=S) groups is 1. The van der Waals surface area contributed by atoms with Crippen molar-refractivity contribution in [1.82, 2.24) is 4.98 Å². The van der Waals surface area contributed by atoms with Gasteiger partial charge in [-0.15, -0.1) is 0 Å². The molecule has 0 unspecified atom stereocenters. The van der Waals surface area contributed by atoms with E-state index >= 15 is 0 Å². The zero-order valence-corrected chi connectivity index (χ0v) is 11.0. The maximum atomic E-state index is 5.92. The molecule has 2 aromatic rings. The van der Waals surface area contributed by atoms with Crippen LogP contribution in [0.15, 0.2) is 42.6 Å². The molecule has 92 valence electrons. The predicted molar refractivity (Wildman–Crippen MR) is 75.9 cm³/mol. The Hall–Kier alpha value is -1.65. The van der Waals surface area contributed by atoms with Crippen molar-refractivity contribution in [3.8, 4) is 5.75 Å². The lowest BCUT2D eigenvalue weighted by atomic mass is 10.2. The number of aromatic nitrogens is 1. The second kappa shape index (κ2) is 5.80. The maximum absolute atomic E-state index is 5.92. The van der Waals surface area contributed by atoms with E-state index in [-0.39, 0.29) is 4.99 Å². The van der Waals surface area contributed by atoms with Gasteiger partial charge in [-0.3, -0.25) is 4.98 Å². The van der Waals surface area contributed by atoms with Crippen molar-refractivity contribution in [3.05, 3.63) is 58.9 Å². The van der Waals surface area contributed by atoms with Crippen LogP contribution in [-0.4, -0.2) is 9.97 Å². The van der Waals surface area contributed by atoms with Crippen LogP contribution < -0.4 is 10.5 Å². The summed E-state index contributed by atoms with van der Waals surface area (Å²) < 4.78 is 5.65. The summed E-state index contributed by atoms with van der Waals surface area (Å²) in [4.78, 5) is 4.45. The third-order valence-corrected chi connectivity index (χ3v) is 2.77. The van der Waals surface area contributed by atoms with Gasteiger partial charge in [0.05, 0.1) is 11.3 Å². The Labute approximate surface area is 116 Å². The second-order valence-corrected chi connectivity index (χ2v) is 4.49. The number of nitrogens with zero attached hydrogens (tertiary/aromatic N) is 1. The molecule has 0 saturated heterocycles. The fourth-order valence-electron chi connectivity index (χ4n) is 1.45. The monoisotopic (exact) mass is 278 g/mol. The lowest BCUT2D eigenvalue weighted by Crippen LogP contribution is -2.11. The summed E-state index contributed by atoms with van der Waals surface area (Å²) in [7, 11) is 0. The Bertz CT molecular complexity index is 560. The lowest BCUT2D eigenvalue weighted by Gasteiger charge is -2.10. The average Bonchev–Trinajstić information content (AvgIpc) is 2.37. The van der Waals surface area contributed by atoms with E-state index in [0.717, 1.165) is 5.69 Å². The first-order chi connectivity index (χ1) is 8.66. The predicted octanol–water partition coefficient (Wildman–Crippen LogP) is 2.95. The SMILES string of the molecule is NC(=S)c1ccc(Cl)cc1OCc1ccccn1. The van der Waals surface area contributed by atoms with Crippen molar-refractivity contribution in [3.63, 3.8) is 0 Å². The molecule has 0 aliphatic rings. The number of pyridine rings is 1. The van der Waals surface area contributed by atoms with E-state index in [9.17, 15) is 0 Å². The molecule has 1 heterocycles. The zero-order chi connectivity index (χ0) is 13.0. The Balaban J connectivity index is 2.18. The molecule has 0 bridgehead atoms. The van der Waals surface area contributed by atoms with Gasteiger partial charge in [0.1, 0.15) is 17.3 Å². The molecule has 5 heteroatoms. The summed E-state index contributed by atoms with van der Waals surface area (Å²) in [6.07, 6.45) is 1.71. The van der Waals surface area contributed by atoms with Crippen LogP contribution in [0, 0.1) is 0 Å². The van der Waals surface area contributed by atoms with E-state index in [0.29, 0.717) is 22.9 Å². The molecule has 0 aliphatic carbocycles. The first-order valence-electron chi connectivity index (χ1n) is 5.29. The highest BCUT2D eigenvalue weighted by atomic mass is 35.5. The summed E-state index contributed by atoms with van der Waals surface area (Å²) in [5.41, 5.74) is 7.12. The lowest BCUT2D eigenvalue weighted by molar-refractivity contribution is 0.301. The number of benzene rings is 1. The van der Waals surface area contributed by atoms with Crippen LogP contribution in [0.1, 0.15) is 11.3 Å². The minimum absolute atomic E-state index is 0.280. The van der Waals surface area contributed by atoms with E-state index < -0.39 is 0 Å². The van der Waals surface area contributed by atoms with Gasteiger partial charge in [-0.2, -0.15) is 0 Å². The van der Waals surface area contributed by atoms with E-state index in [1.807, 2.05) is 18.2 Å². The van der Waals surface area contributed by atoms with Gasteiger partial charge < -0.3 is 10.5 Å². The van der Waals surface area contributed by atoms with Crippen molar-refractivity contribution in [2.24, 2.45) is 5.73 Å². The molecule has 0 saturated carbocycles. The van der Waals surface area contributed by atoms with Crippen LogP contribution in [0.3, 0.4) is 0 Å². The number of halogens is 1. The van der Waals surface area contributed by atoms with Crippen molar-refractivity contribution in [1.29, 1.82) is 0 Å². The van der Waals surface area contributed by atoms with Crippen LogP contribution in [0.4, 0.5) is 0 Å². The van der Waals surface area contributed by atoms with E-state index in [2.05, 4.69) is 4.98 Å². The van der Waals surface area contributed by atoms with Gasteiger partial charge >= 0.3 is 0 Å². The second-order valence-electron chi connectivity index (χ2n) is 3.61. The molecule has 2 rings (SSSR count). The standard InChI is InChI=1S/C13H11ClN2OS/c14-9-4-5-11(13(15)18)12(7-9)17-8-10-3-1-2-6-16-10/h1-7H,8H2,(H2,15,18). The van der Waals surface area contributed by atoms with Gasteiger partial charge in [0.2, 0.25) is 0 Å². The molecule has 18 heavy (non-hydrogen) atoms. The largest absolute Gasteiger partial charge is 0.487 e. The van der Waals surface area contributed by atoms with E-state index in [1.165, 1.54) is 0 Å². The minimum atomic E-state index is 0.280. The van der Waals surface area contributed by atoms with Crippen LogP contribution in [0.2, 0.25) is 5.02 Å². The van der Waals surface area contributed by atoms with Gasteiger partial charge in [0, 0.05) is 11.2 Å². The molecule has 3 nitrogen and oxygen atoms in total. The summed E-state index contributed by atoms with van der Waals surface area (Å²) in [5, 5.41) is 0.575. The first-order valence-corrected chi connectivity index (χ1v) is 6.07. The number of rotatable bonds is 4. The van der Waals surface area contributed by atoms with Crippen LogP contribution in [-0.2, 0) is 6.61 Å². The third kappa shape index (κ3) is 3.18. The summed E-state index contributed by atoms with van der Waals surface area (Å²) in [5.74, 6) is 0.570. The van der Waals surface area contributed by atoms with Crippen LogP contribution in [0.25, 0.3) is 0 Å². The number of ether oxygens (including phenoxy) is 1. The maximum Gasteiger partial charge on any atom is 0.131 e. The molecule has 0 amide bonds. The topological polar surface area (TPSA) is 48.1 Å². The third-order valence-electron chi connectivity index (χ3n) is 2.31. The average molecular weight is 279 g/mol. The fourth-order valence-corrected chi connectivity index (χ4v) is 1.79.